The molecule has 0 aliphatic carbocycles. The normalized spacial score (nSPS) is 22.3. The van der Waals surface area contributed by atoms with Crippen LogP contribution in [0.25, 0.3) is 0 Å². The van der Waals surface area contributed by atoms with Crippen molar-refractivity contribution in [2.24, 2.45) is 0 Å². The average Bonchev–Trinajstić information content (AvgIpc) is 2.97. The highest BCUT2D eigenvalue weighted by atomic mass is 16.5. The van der Waals surface area contributed by atoms with Crippen LogP contribution in [-0.2, 0) is 4.74 Å². The Balaban J connectivity index is 2.02. The molecular weight excluding hydrogens is 292 g/mol. The SMILES string of the molecule is CCNC(=O)N[C@H]1CN([C@H](C)c2ccc(C#N)cc2)C[C@@H]1OC. The van der Waals surface area contributed by atoms with Crippen molar-refractivity contribution in [2.45, 2.75) is 32.0 Å². The van der Waals surface area contributed by atoms with Crippen LogP contribution >= 0.6 is 0 Å². The van der Waals surface area contributed by atoms with Crippen LogP contribution in [0.3, 0.4) is 0 Å². The van der Waals surface area contributed by atoms with Crippen molar-refractivity contribution in [3.05, 3.63) is 35.4 Å². The van der Waals surface area contributed by atoms with Gasteiger partial charge in [0.2, 0.25) is 0 Å². The fraction of sp³-hybridized carbons (Fsp3) is 0.529. The number of hydrogen-bond acceptors (Lipinski definition) is 4. The van der Waals surface area contributed by atoms with E-state index >= 15 is 0 Å². The number of carbonyl (C=O) groups excluding carboxylic acids is 1. The molecule has 2 N–H and O–H groups in total. The summed E-state index contributed by atoms with van der Waals surface area (Å²) < 4.78 is 5.53. The van der Waals surface area contributed by atoms with Gasteiger partial charge in [-0.25, -0.2) is 4.79 Å². The highest BCUT2D eigenvalue weighted by Crippen LogP contribution is 2.26. The van der Waals surface area contributed by atoms with Gasteiger partial charge in [-0.2, -0.15) is 5.26 Å². The third-order valence-corrected chi connectivity index (χ3v) is 4.32. The number of ether oxygens (including phenoxy) is 1. The van der Waals surface area contributed by atoms with Crippen molar-refractivity contribution in [3.63, 3.8) is 0 Å². The number of amides is 2. The zero-order valence-electron chi connectivity index (χ0n) is 13.9. The minimum Gasteiger partial charge on any atom is -0.378 e. The van der Waals surface area contributed by atoms with Crippen molar-refractivity contribution < 1.29 is 9.53 Å². The number of hydrogen-bond donors (Lipinski definition) is 2. The van der Waals surface area contributed by atoms with Crippen LogP contribution in [-0.4, -0.2) is 49.8 Å². The van der Waals surface area contributed by atoms with Crippen LogP contribution in [0.5, 0.6) is 0 Å². The summed E-state index contributed by atoms with van der Waals surface area (Å²) in [6.07, 6.45) is -0.0292. The Kier molecular flexibility index (Phi) is 5.97. The van der Waals surface area contributed by atoms with Gasteiger partial charge in [0.15, 0.2) is 0 Å². The molecular formula is C17H24N4O2. The monoisotopic (exact) mass is 316 g/mol. The Morgan fingerprint density at radius 1 is 1.43 bits per heavy atom. The molecule has 6 nitrogen and oxygen atoms in total. The van der Waals surface area contributed by atoms with Gasteiger partial charge in [-0.3, -0.25) is 4.90 Å². The molecule has 2 rings (SSSR count). The van der Waals surface area contributed by atoms with E-state index in [0.29, 0.717) is 12.1 Å². The minimum absolute atomic E-state index is 0.0292. The molecule has 0 bridgehead atoms. The topological polar surface area (TPSA) is 77.4 Å². The summed E-state index contributed by atoms with van der Waals surface area (Å²) in [5.74, 6) is 0. The van der Waals surface area contributed by atoms with E-state index < -0.39 is 0 Å². The number of methoxy groups -OCH3 is 1. The predicted octanol–water partition coefficient (Wildman–Crippen LogP) is 1.64. The van der Waals surface area contributed by atoms with Gasteiger partial charge in [0.1, 0.15) is 0 Å². The minimum atomic E-state index is -0.160. The quantitative estimate of drug-likeness (QED) is 0.866. The summed E-state index contributed by atoms with van der Waals surface area (Å²) in [5, 5.41) is 14.6. The van der Waals surface area contributed by atoms with Crippen LogP contribution < -0.4 is 10.6 Å². The van der Waals surface area contributed by atoms with E-state index in [2.05, 4.69) is 28.5 Å². The van der Waals surface area contributed by atoms with Crippen LogP contribution in [0.4, 0.5) is 4.79 Å². The molecule has 2 amide bonds. The van der Waals surface area contributed by atoms with Crippen LogP contribution in [0.1, 0.15) is 31.0 Å². The van der Waals surface area contributed by atoms with Crippen molar-refractivity contribution in [1.82, 2.24) is 15.5 Å². The number of nitrogens with one attached hydrogen (secondary N) is 2. The molecule has 6 heteroatoms. The molecule has 23 heavy (non-hydrogen) atoms. The lowest BCUT2D eigenvalue weighted by molar-refractivity contribution is 0.0882. The van der Waals surface area contributed by atoms with E-state index in [1.807, 2.05) is 31.2 Å². The van der Waals surface area contributed by atoms with Gasteiger partial charge in [-0.1, -0.05) is 12.1 Å². The molecule has 1 saturated heterocycles. The van der Waals surface area contributed by atoms with E-state index in [9.17, 15) is 4.79 Å². The molecule has 0 saturated carbocycles. The first-order valence-electron chi connectivity index (χ1n) is 7.90. The molecule has 0 spiro atoms. The van der Waals surface area contributed by atoms with Gasteiger partial charge in [0.05, 0.1) is 23.8 Å². The van der Waals surface area contributed by atoms with Gasteiger partial charge in [0, 0.05) is 32.8 Å². The number of urea groups is 1. The highest BCUT2D eigenvalue weighted by Gasteiger charge is 2.36. The standard InChI is InChI=1S/C17H24N4O2/c1-4-19-17(22)20-15-10-21(11-16(15)23-3)12(2)14-7-5-13(9-18)6-8-14/h5-8,12,15-16H,4,10-11H2,1-3H3,(H2,19,20,22)/t12-,15+,16+/m1/s1. The van der Waals surface area contributed by atoms with Gasteiger partial charge >= 0.3 is 6.03 Å². The first-order valence-corrected chi connectivity index (χ1v) is 7.90. The molecule has 1 heterocycles. The molecule has 0 unspecified atom stereocenters. The summed E-state index contributed by atoms with van der Waals surface area (Å²) in [4.78, 5) is 14.0. The van der Waals surface area contributed by atoms with Crippen molar-refractivity contribution in [1.29, 1.82) is 5.26 Å². The molecule has 1 aromatic carbocycles. The van der Waals surface area contributed by atoms with Gasteiger partial charge in [-0.15, -0.1) is 0 Å². The smallest absolute Gasteiger partial charge is 0.315 e. The second-order valence-electron chi connectivity index (χ2n) is 5.75. The first kappa shape index (κ1) is 17.3. The number of likely N-dealkylation sites (tertiary alicyclic amines) is 1. The molecule has 124 valence electrons. The Bertz CT molecular complexity index is 567. The summed E-state index contributed by atoms with van der Waals surface area (Å²) in [7, 11) is 1.67. The number of rotatable bonds is 5. The van der Waals surface area contributed by atoms with Crippen molar-refractivity contribution >= 4 is 6.03 Å². The zero-order valence-corrected chi connectivity index (χ0v) is 13.9. The number of benzene rings is 1. The van der Waals surface area contributed by atoms with Gasteiger partial charge in [-0.05, 0) is 31.5 Å². The lowest BCUT2D eigenvalue weighted by Gasteiger charge is -2.24. The molecule has 0 aromatic heterocycles. The van der Waals surface area contributed by atoms with E-state index in [-0.39, 0.29) is 24.2 Å². The third-order valence-electron chi connectivity index (χ3n) is 4.32. The Morgan fingerprint density at radius 3 is 2.70 bits per heavy atom. The van der Waals surface area contributed by atoms with E-state index in [1.165, 1.54) is 0 Å². The summed E-state index contributed by atoms with van der Waals surface area (Å²) in [6, 6.07) is 9.76. The number of nitrogens with zero attached hydrogens (tertiary/aromatic N) is 2. The second kappa shape index (κ2) is 7.95. The maximum atomic E-state index is 11.8. The highest BCUT2D eigenvalue weighted by molar-refractivity contribution is 5.74. The molecule has 1 aliphatic rings. The lowest BCUT2D eigenvalue weighted by Crippen LogP contribution is -2.48. The molecule has 1 aliphatic heterocycles. The zero-order chi connectivity index (χ0) is 16.8. The largest absolute Gasteiger partial charge is 0.378 e. The first-order chi connectivity index (χ1) is 11.1. The number of carbonyl (C=O) groups is 1. The molecule has 1 fully saturated rings. The summed E-state index contributed by atoms with van der Waals surface area (Å²) >= 11 is 0. The molecule has 1 aromatic rings. The predicted molar refractivity (Wildman–Crippen MR) is 87.9 cm³/mol. The maximum Gasteiger partial charge on any atom is 0.315 e. The van der Waals surface area contributed by atoms with Crippen LogP contribution in [0.15, 0.2) is 24.3 Å². The van der Waals surface area contributed by atoms with Gasteiger partial charge < -0.3 is 15.4 Å². The molecule has 0 radical (unpaired) electrons. The Labute approximate surface area is 137 Å². The fourth-order valence-corrected chi connectivity index (χ4v) is 2.92. The number of nitriles is 1. The summed E-state index contributed by atoms with van der Waals surface area (Å²) in [5.41, 5.74) is 1.81. The van der Waals surface area contributed by atoms with E-state index in [0.717, 1.165) is 18.7 Å². The van der Waals surface area contributed by atoms with Crippen molar-refractivity contribution in [3.8, 4) is 6.07 Å². The fourth-order valence-electron chi connectivity index (χ4n) is 2.92. The van der Waals surface area contributed by atoms with E-state index in [4.69, 9.17) is 10.00 Å². The summed E-state index contributed by atoms with van der Waals surface area (Å²) in [6.45, 7) is 6.11. The van der Waals surface area contributed by atoms with Crippen LogP contribution in [0.2, 0.25) is 0 Å². The van der Waals surface area contributed by atoms with Crippen molar-refractivity contribution in [2.75, 3.05) is 26.7 Å². The average molecular weight is 316 g/mol. The Morgan fingerprint density at radius 2 is 2.13 bits per heavy atom. The molecule has 3 atom stereocenters. The van der Waals surface area contributed by atoms with Crippen LogP contribution in [0, 0.1) is 11.3 Å². The van der Waals surface area contributed by atoms with Gasteiger partial charge in [0.25, 0.3) is 0 Å². The third kappa shape index (κ3) is 4.21. The second-order valence-corrected chi connectivity index (χ2v) is 5.75. The maximum absolute atomic E-state index is 11.8. The Hall–Kier alpha value is -2.10. The lowest BCUT2D eigenvalue weighted by atomic mass is 10.1. The van der Waals surface area contributed by atoms with E-state index in [1.54, 1.807) is 7.11 Å².